The maximum absolute atomic E-state index is 10.6. The van der Waals surface area contributed by atoms with Gasteiger partial charge in [-0.1, -0.05) is 18.2 Å². The van der Waals surface area contributed by atoms with Gasteiger partial charge in [0.25, 0.3) is 0 Å². The van der Waals surface area contributed by atoms with Crippen LogP contribution >= 0.6 is 23.2 Å². The van der Waals surface area contributed by atoms with Crippen LogP contribution in [0.1, 0.15) is 0 Å². The van der Waals surface area contributed by atoms with Crippen LogP contribution in [0.4, 0.5) is 0 Å². The lowest BCUT2D eigenvalue weighted by Gasteiger charge is -2.11. The second kappa shape index (κ2) is 3.30. The predicted octanol–water partition coefficient (Wildman–Crippen LogP) is 2.58. The lowest BCUT2D eigenvalue weighted by molar-refractivity contribution is -0.0426. The van der Waals surface area contributed by atoms with Crippen molar-refractivity contribution in [1.29, 1.82) is 0 Å². The maximum atomic E-state index is 10.6. The highest BCUT2D eigenvalue weighted by atomic mass is 35.5. The highest BCUT2D eigenvalue weighted by Gasteiger charge is 2.23. The summed E-state index contributed by atoms with van der Waals surface area (Å²) in [5.41, 5.74) is 0. The van der Waals surface area contributed by atoms with Crippen LogP contribution in [0.5, 0.6) is 5.75 Å². The van der Waals surface area contributed by atoms with Gasteiger partial charge < -0.3 is 4.74 Å². The van der Waals surface area contributed by atoms with Crippen LogP contribution in [0, 0.1) is 0 Å². The molecule has 11 heavy (non-hydrogen) atoms. The molecule has 0 fully saturated rings. The summed E-state index contributed by atoms with van der Waals surface area (Å²) in [5.74, 6) is 0.354. The Labute approximate surface area is 74.3 Å². The van der Waals surface area contributed by atoms with Crippen molar-refractivity contribution in [2.75, 3.05) is 0 Å². The average molecular weight is 192 g/mol. The zero-order valence-electron chi connectivity index (χ0n) is 5.46. The van der Waals surface area contributed by atoms with E-state index in [-0.39, 0.29) is 0 Å². The van der Waals surface area contributed by atoms with Gasteiger partial charge in [0.05, 0.1) is 0 Å². The first-order chi connectivity index (χ1) is 5.08. The Morgan fingerprint density at radius 2 is 1.73 bits per heavy atom. The standard InChI is InChI=1S/C7H5Cl2O2/c8-7(9,10)11-6-4-2-1-3-5-6/h1-5H. The molecular weight excluding hydrogens is 187 g/mol. The van der Waals surface area contributed by atoms with Crippen molar-refractivity contribution in [3.63, 3.8) is 0 Å². The zero-order valence-corrected chi connectivity index (χ0v) is 6.97. The minimum Gasteiger partial charge on any atom is -0.435 e. The summed E-state index contributed by atoms with van der Waals surface area (Å²) < 4.78 is 2.18. The molecule has 0 bridgehead atoms. The molecule has 0 saturated heterocycles. The van der Waals surface area contributed by atoms with Crippen LogP contribution in [0.15, 0.2) is 30.3 Å². The molecule has 0 aromatic heterocycles. The van der Waals surface area contributed by atoms with E-state index in [4.69, 9.17) is 23.2 Å². The summed E-state index contributed by atoms with van der Waals surface area (Å²) in [6.07, 6.45) is 0. The quantitative estimate of drug-likeness (QED) is 0.522. The van der Waals surface area contributed by atoms with Crippen molar-refractivity contribution < 1.29 is 9.84 Å². The molecule has 0 N–H and O–H groups in total. The van der Waals surface area contributed by atoms with Gasteiger partial charge in [0.2, 0.25) is 0 Å². The molecule has 0 aliphatic carbocycles. The minimum atomic E-state index is -2.40. The Morgan fingerprint density at radius 3 is 2.18 bits per heavy atom. The van der Waals surface area contributed by atoms with E-state index >= 15 is 0 Å². The third-order valence-electron chi connectivity index (χ3n) is 0.980. The second-order valence-corrected chi connectivity index (χ2v) is 3.07. The van der Waals surface area contributed by atoms with E-state index in [0.29, 0.717) is 5.75 Å². The molecule has 1 aromatic carbocycles. The van der Waals surface area contributed by atoms with E-state index in [1.165, 1.54) is 0 Å². The second-order valence-electron chi connectivity index (χ2n) is 1.88. The van der Waals surface area contributed by atoms with Crippen LogP contribution in [0.3, 0.4) is 0 Å². The van der Waals surface area contributed by atoms with Crippen molar-refractivity contribution in [3.8, 4) is 5.75 Å². The van der Waals surface area contributed by atoms with Gasteiger partial charge in [0.1, 0.15) is 5.75 Å². The van der Waals surface area contributed by atoms with Gasteiger partial charge in [-0.05, 0) is 35.3 Å². The van der Waals surface area contributed by atoms with Crippen molar-refractivity contribution >= 4 is 23.2 Å². The van der Waals surface area contributed by atoms with Gasteiger partial charge in [-0.25, -0.2) is 0 Å². The van der Waals surface area contributed by atoms with Crippen molar-refractivity contribution in [1.82, 2.24) is 0 Å². The van der Waals surface area contributed by atoms with Crippen LogP contribution in [-0.2, 0) is 5.11 Å². The summed E-state index contributed by atoms with van der Waals surface area (Å²) >= 11 is 10.1. The molecule has 0 unspecified atom stereocenters. The summed E-state index contributed by atoms with van der Waals surface area (Å²) in [5, 5.41) is 10.6. The number of hydrogen-bond acceptors (Lipinski definition) is 1. The van der Waals surface area contributed by atoms with E-state index in [1.807, 2.05) is 0 Å². The smallest absolute Gasteiger partial charge is 0.402 e. The topological polar surface area (TPSA) is 29.1 Å². The van der Waals surface area contributed by atoms with E-state index in [2.05, 4.69) is 4.74 Å². The first-order valence-electron chi connectivity index (χ1n) is 2.90. The summed E-state index contributed by atoms with van der Waals surface area (Å²) in [6.45, 7) is 0. The number of halogens is 2. The summed E-state index contributed by atoms with van der Waals surface area (Å²) in [7, 11) is 0. The minimum absolute atomic E-state index is 0.354. The molecule has 0 aliphatic rings. The van der Waals surface area contributed by atoms with Crippen molar-refractivity contribution in [2.45, 2.75) is 4.71 Å². The molecule has 0 aliphatic heterocycles. The molecule has 1 aromatic rings. The number of ether oxygens (including phenoxy) is 1. The Morgan fingerprint density at radius 1 is 1.18 bits per heavy atom. The van der Waals surface area contributed by atoms with Crippen LogP contribution in [0.2, 0.25) is 0 Å². The first kappa shape index (κ1) is 8.65. The molecule has 0 heterocycles. The van der Waals surface area contributed by atoms with Gasteiger partial charge in [-0.3, -0.25) is 0 Å². The van der Waals surface area contributed by atoms with E-state index in [0.717, 1.165) is 0 Å². The van der Waals surface area contributed by atoms with E-state index < -0.39 is 4.71 Å². The number of rotatable bonds is 2. The third-order valence-corrected chi connectivity index (χ3v) is 1.13. The Balaban J connectivity index is 2.66. The predicted molar refractivity (Wildman–Crippen MR) is 42.2 cm³/mol. The molecule has 4 heteroatoms. The molecule has 0 spiro atoms. The monoisotopic (exact) mass is 191 g/mol. The fraction of sp³-hybridized carbons (Fsp3) is 0.143. The van der Waals surface area contributed by atoms with Gasteiger partial charge >= 0.3 is 4.71 Å². The van der Waals surface area contributed by atoms with Gasteiger partial charge in [-0.15, -0.1) is 5.11 Å². The number of para-hydroxylation sites is 1. The van der Waals surface area contributed by atoms with Gasteiger partial charge in [0, 0.05) is 0 Å². The normalized spacial score (nSPS) is 11.2. The SMILES string of the molecule is [O]C(Cl)(Cl)Oc1ccccc1. The Kier molecular flexibility index (Phi) is 2.60. The molecule has 0 amide bonds. The fourth-order valence-corrected chi connectivity index (χ4v) is 0.804. The van der Waals surface area contributed by atoms with Crippen molar-refractivity contribution in [2.24, 2.45) is 0 Å². The molecule has 1 radical (unpaired) electrons. The fourth-order valence-electron chi connectivity index (χ4n) is 0.626. The molecule has 59 valence electrons. The third kappa shape index (κ3) is 3.46. The van der Waals surface area contributed by atoms with Gasteiger partial charge in [0.15, 0.2) is 0 Å². The molecule has 0 atom stereocenters. The molecule has 2 nitrogen and oxygen atoms in total. The van der Waals surface area contributed by atoms with Crippen LogP contribution < -0.4 is 4.74 Å². The lowest BCUT2D eigenvalue weighted by atomic mass is 10.3. The number of hydrogen-bond donors (Lipinski definition) is 0. The van der Waals surface area contributed by atoms with E-state index in [9.17, 15) is 5.11 Å². The zero-order chi connectivity index (χ0) is 8.32. The lowest BCUT2D eigenvalue weighted by Crippen LogP contribution is -2.18. The largest absolute Gasteiger partial charge is 0.435 e. The van der Waals surface area contributed by atoms with Gasteiger partial charge in [-0.2, -0.15) is 0 Å². The Hall–Kier alpha value is -0.440. The molecule has 1 rings (SSSR count). The molecular formula is C7H5Cl2O2. The highest BCUT2D eigenvalue weighted by Crippen LogP contribution is 2.23. The van der Waals surface area contributed by atoms with Crippen molar-refractivity contribution in [3.05, 3.63) is 30.3 Å². The number of alkyl halides is 2. The Bertz CT molecular complexity index is 218. The molecule has 0 saturated carbocycles. The van der Waals surface area contributed by atoms with Crippen LogP contribution in [-0.4, -0.2) is 4.71 Å². The van der Waals surface area contributed by atoms with Crippen LogP contribution in [0.25, 0.3) is 0 Å². The summed E-state index contributed by atoms with van der Waals surface area (Å²) in [6, 6.07) is 8.42. The number of benzene rings is 1. The highest BCUT2D eigenvalue weighted by molar-refractivity contribution is 6.45. The average Bonchev–Trinajstić information content (AvgIpc) is 1.85. The summed E-state index contributed by atoms with van der Waals surface area (Å²) in [4.78, 5) is 0. The first-order valence-corrected chi connectivity index (χ1v) is 3.66. The van der Waals surface area contributed by atoms with E-state index in [1.54, 1.807) is 30.3 Å². The maximum Gasteiger partial charge on any atom is 0.402 e.